The highest BCUT2D eigenvalue weighted by Crippen LogP contribution is 2.51. The van der Waals surface area contributed by atoms with Gasteiger partial charge in [-0.05, 0) is 24.7 Å². The molecule has 0 atom stereocenters. The number of hydrogen-bond acceptors (Lipinski definition) is 2. The van der Waals surface area contributed by atoms with Crippen molar-refractivity contribution >= 4 is 0 Å². The van der Waals surface area contributed by atoms with Gasteiger partial charge in [0.1, 0.15) is 5.82 Å². The molecule has 0 unspecified atom stereocenters. The highest BCUT2D eigenvalue weighted by atomic mass is 15.1. The Morgan fingerprint density at radius 2 is 2.05 bits per heavy atom. The molecule has 1 aliphatic carbocycles. The maximum Gasteiger partial charge on any atom is 0.114 e. The van der Waals surface area contributed by atoms with Crippen molar-refractivity contribution in [1.82, 2.24) is 14.9 Å². The van der Waals surface area contributed by atoms with Crippen molar-refractivity contribution in [3.05, 3.63) is 17.2 Å². The fourth-order valence-corrected chi connectivity index (χ4v) is 3.64. The van der Waals surface area contributed by atoms with E-state index in [0.717, 1.165) is 19.5 Å². The van der Waals surface area contributed by atoms with Crippen LogP contribution in [0.5, 0.6) is 0 Å². The predicted octanol–water partition coefficient (Wildman–Crippen LogP) is 3.41. The summed E-state index contributed by atoms with van der Waals surface area (Å²) >= 11 is 0. The third-order valence-electron chi connectivity index (χ3n) is 4.89. The molecule has 20 heavy (non-hydrogen) atoms. The Kier molecular flexibility index (Phi) is 3.44. The van der Waals surface area contributed by atoms with Gasteiger partial charge in [0.05, 0.1) is 5.69 Å². The summed E-state index contributed by atoms with van der Waals surface area (Å²) in [6, 6.07) is 0. The summed E-state index contributed by atoms with van der Waals surface area (Å²) in [6.45, 7) is 12.5. The summed E-state index contributed by atoms with van der Waals surface area (Å²) in [4.78, 5) is 4.99. The Balaban J connectivity index is 1.97. The second-order valence-electron chi connectivity index (χ2n) is 7.84. The SMILES string of the molecule is CCCC1(Cn2c(C(C)(C)C)nc3c2CCNC3)CC1. The van der Waals surface area contributed by atoms with E-state index in [-0.39, 0.29) is 5.41 Å². The molecule has 0 radical (unpaired) electrons. The van der Waals surface area contributed by atoms with E-state index in [1.165, 1.54) is 49.4 Å². The molecule has 112 valence electrons. The van der Waals surface area contributed by atoms with Gasteiger partial charge < -0.3 is 9.88 Å². The van der Waals surface area contributed by atoms with Gasteiger partial charge in [0.25, 0.3) is 0 Å². The molecule has 1 fully saturated rings. The maximum atomic E-state index is 4.99. The van der Waals surface area contributed by atoms with Crippen LogP contribution < -0.4 is 5.32 Å². The first-order valence-electron chi connectivity index (χ1n) is 8.25. The van der Waals surface area contributed by atoms with E-state index in [0.29, 0.717) is 5.41 Å². The van der Waals surface area contributed by atoms with Crippen molar-refractivity contribution < 1.29 is 0 Å². The minimum atomic E-state index is 0.139. The van der Waals surface area contributed by atoms with Crippen molar-refractivity contribution in [2.24, 2.45) is 5.41 Å². The van der Waals surface area contributed by atoms with Crippen LogP contribution in [0.15, 0.2) is 0 Å². The molecular weight excluding hydrogens is 246 g/mol. The lowest BCUT2D eigenvalue weighted by atomic mass is 9.94. The second-order valence-corrected chi connectivity index (χ2v) is 7.84. The Labute approximate surface area is 123 Å². The fraction of sp³-hybridized carbons (Fsp3) is 0.824. The quantitative estimate of drug-likeness (QED) is 0.912. The Morgan fingerprint density at radius 3 is 2.65 bits per heavy atom. The van der Waals surface area contributed by atoms with E-state index in [9.17, 15) is 0 Å². The van der Waals surface area contributed by atoms with Gasteiger partial charge in [0.15, 0.2) is 0 Å². The van der Waals surface area contributed by atoms with Gasteiger partial charge in [-0.3, -0.25) is 0 Å². The highest BCUT2D eigenvalue weighted by molar-refractivity contribution is 5.24. The maximum absolute atomic E-state index is 4.99. The molecule has 2 heterocycles. The van der Waals surface area contributed by atoms with Gasteiger partial charge in [-0.25, -0.2) is 4.98 Å². The van der Waals surface area contributed by atoms with E-state index in [2.05, 4.69) is 37.6 Å². The minimum Gasteiger partial charge on any atom is -0.331 e. The Bertz CT molecular complexity index is 489. The molecule has 3 heteroatoms. The lowest BCUT2D eigenvalue weighted by molar-refractivity contribution is 0.358. The third kappa shape index (κ3) is 2.52. The van der Waals surface area contributed by atoms with Crippen LogP contribution in [0.3, 0.4) is 0 Å². The molecule has 0 amide bonds. The molecule has 1 aromatic heterocycles. The average molecular weight is 275 g/mol. The summed E-state index contributed by atoms with van der Waals surface area (Å²) in [5.74, 6) is 1.30. The zero-order chi connectivity index (χ0) is 14.4. The Hall–Kier alpha value is -0.830. The lowest BCUT2D eigenvalue weighted by Gasteiger charge is -2.25. The number of aromatic nitrogens is 2. The number of nitrogens with zero attached hydrogens (tertiary/aromatic N) is 2. The van der Waals surface area contributed by atoms with Crippen molar-refractivity contribution in [2.45, 2.75) is 78.3 Å². The van der Waals surface area contributed by atoms with Crippen LogP contribution in [0.1, 0.15) is 70.6 Å². The smallest absolute Gasteiger partial charge is 0.114 e. The van der Waals surface area contributed by atoms with Gasteiger partial charge in [-0.15, -0.1) is 0 Å². The molecule has 3 nitrogen and oxygen atoms in total. The molecule has 1 saturated carbocycles. The first kappa shape index (κ1) is 14.1. The normalized spacial score (nSPS) is 20.8. The molecule has 1 aliphatic heterocycles. The van der Waals surface area contributed by atoms with Crippen molar-refractivity contribution in [2.75, 3.05) is 6.54 Å². The van der Waals surface area contributed by atoms with E-state index < -0.39 is 0 Å². The fourth-order valence-electron chi connectivity index (χ4n) is 3.64. The summed E-state index contributed by atoms with van der Waals surface area (Å²) in [6.07, 6.45) is 6.65. The van der Waals surface area contributed by atoms with Crippen molar-refractivity contribution in [3.8, 4) is 0 Å². The summed E-state index contributed by atoms with van der Waals surface area (Å²) in [5.41, 5.74) is 3.54. The Morgan fingerprint density at radius 1 is 1.30 bits per heavy atom. The van der Waals surface area contributed by atoms with Crippen molar-refractivity contribution in [3.63, 3.8) is 0 Å². The van der Waals surface area contributed by atoms with E-state index in [4.69, 9.17) is 4.98 Å². The molecule has 2 aliphatic rings. The van der Waals surface area contributed by atoms with Crippen LogP contribution in [0, 0.1) is 5.41 Å². The van der Waals surface area contributed by atoms with Gasteiger partial charge >= 0.3 is 0 Å². The largest absolute Gasteiger partial charge is 0.331 e. The number of imidazole rings is 1. The van der Waals surface area contributed by atoms with E-state index >= 15 is 0 Å². The summed E-state index contributed by atoms with van der Waals surface area (Å²) in [5, 5.41) is 3.46. The summed E-state index contributed by atoms with van der Waals surface area (Å²) < 4.78 is 2.60. The topological polar surface area (TPSA) is 29.9 Å². The predicted molar refractivity (Wildman–Crippen MR) is 82.9 cm³/mol. The monoisotopic (exact) mass is 275 g/mol. The molecule has 1 N–H and O–H groups in total. The summed E-state index contributed by atoms with van der Waals surface area (Å²) in [7, 11) is 0. The van der Waals surface area contributed by atoms with Gasteiger partial charge in [0.2, 0.25) is 0 Å². The molecule has 0 bridgehead atoms. The van der Waals surface area contributed by atoms with Gasteiger partial charge in [-0.2, -0.15) is 0 Å². The molecule has 0 spiro atoms. The first-order chi connectivity index (χ1) is 9.45. The van der Waals surface area contributed by atoms with Crippen LogP contribution in [0.25, 0.3) is 0 Å². The first-order valence-corrected chi connectivity index (χ1v) is 8.25. The highest BCUT2D eigenvalue weighted by Gasteiger charge is 2.43. The lowest BCUT2D eigenvalue weighted by Crippen LogP contribution is -2.27. The molecule has 0 saturated heterocycles. The van der Waals surface area contributed by atoms with Crippen LogP contribution in [0.2, 0.25) is 0 Å². The zero-order valence-corrected chi connectivity index (χ0v) is 13.6. The number of nitrogens with one attached hydrogen (secondary N) is 1. The van der Waals surface area contributed by atoms with Gasteiger partial charge in [-0.1, -0.05) is 34.1 Å². The van der Waals surface area contributed by atoms with E-state index in [1.54, 1.807) is 0 Å². The number of hydrogen-bond donors (Lipinski definition) is 1. The van der Waals surface area contributed by atoms with Crippen LogP contribution in [0.4, 0.5) is 0 Å². The minimum absolute atomic E-state index is 0.139. The molecule has 0 aromatic carbocycles. The second kappa shape index (κ2) is 4.87. The average Bonchev–Trinajstić information content (AvgIpc) is 3.03. The van der Waals surface area contributed by atoms with Crippen molar-refractivity contribution in [1.29, 1.82) is 0 Å². The number of rotatable bonds is 4. The molecule has 3 rings (SSSR count). The molecular formula is C17H29N3. The molecule has 1 aromatic rings. The number of fused-ring (bicyclic) bond motifs is 1. The van der Waals surface area contributed by atoms with Crippen LogP contribution >= 0.6 is 0 Å². The van der Waals surface area contributed by atoms with Crippen LogP contribution in [-0.2, 0) is 24.9 Å². The standard InChI is InChI=1S/C17H29N3/c1-5-7-17(8-9-17)12-20-14-6-10-18-11-13(14)19-15(20)16(2,3)4/h18H,5-12H2,1-4H3. The van der Waals surface area contributed by atoms with Gasteiger partial charge in [0, 0.05) is 37.2 Å². The van der Waals surface area contributed by atoms with E-state index in [1.807, 2.05) is 0 Å². The third-order valence-corrected chi connectivity index (χ3v) is 4.89. The zero-order valence-electron chi connectivity index (χ0n) is 13.6. The van der Waals surface area contributed by atoms with Crippen LogP contribution in [-0.4, -0.2) is 16.1 Å².